The highest BCUT2D eigenvalue weighted by atomic mass is 16.6. The van der Waals surface area contributed by atoms with E-state index in [1.807, 2.05) is 6.92 Å². The summed E-state index contributed by atoms with van der Waals surface area (Å²) in [4.78, 5) is 16.5. The molecule has 0 aromatic carbocycles. The van der Waals surface area contributed by atoms with E-state index in [0.29, 0.717) is 25.5 Å². The Labute approximate surface area is 105 Å². The van der Waals surface area contributed by atoms with Crippen LogP contribution in [0.3, 0.4) is 0 Å². The Morgan fingerprint density at radius 1 is 1.61 bits per heavy atom. The zero-order valence-electron chi connectivity index (χ0n) is 10.7. The van der Waals surface area contributed by atoms with Gasteiger partial charge in [-0.25, -0.2) is 9.55 Å². The summed E-state index contributed by atoms with van der Waals surface area (Å²) in [6.45, 7) is 6.24. The lowest BCUT2D eigenvalue weighted by atomic mass is 10.1. The fourth-order valence-electron chi connectivity index (χ4n) is 2.35. The second-order valence-corrected chi connectivity index (χ2v) is 5.10. The summed E-state index contributed by atoms with van der Waals surface area (Å²) >= 11 is 0. The summed E-state index contributed by atoms with van der Waals surface area (Å²) in [7, 11) is 0. The predicted molar refractivity (Wildman–Crippen MR) is 65.3 cm³/mol. The first-order valence-electron chi connectivity index (χ1n) is 6.00. The molecular weight excluding hydrogens is 236 g/mol. The maximum atomic E-state index is 10.8. The number of hydrogen-bond donors (Lipinski definition) is 1. The number of hydrogen-bond acceptors (Lipinski definition) is 5. The standard InChI is InChI=1S/C11H18N4O3/c1-9-12-7-10(15(17)18)14(9)6-5-13-4-3-11(2,16)8-13/h7,16H,3-6,8H2,1-2H3. The van der Waals surface area contributed by atoms with Crippen LogP contribution in [0.15, 0.2) is 6.20 Å². The number of nitro groups is 1. The second-order valence-electron chi connectivity index (χ2n) is 5.10. The molecule has 1 unspecified atom stereocenters. The predicted octanol–water partition coefficient (Wildman–Crippen LogP) is 0.556. The molecular formula is C11H18N4O3. The van der Waals surface area contributed by atoms with Gasteiger partial charge in [0.05, 0.1) is 5.60 Å². The van der Waals surface area contributed by atoms with Crippen LogP contribution >= 0.6 is 0 Å². The number of likely N-dealkylation sites (tertiary alicyclic amines) is 1. The van der Waals surface area contributed by atoms with Crippen molar-refractivity contribution < 1.29 is 10.0 Å². The van der Waals surface area contributed by atoms with Crippen LogP contribution in [0.25, 0.3) is 0 Å². The first kappa shape index (κ1) is 13.0. The molecule has 1 fully saturated rings. The molecule has 1 aliphatic rings. The quantitative estimate of drug-likeness (QED) is 0.626. The number of aromatic nitrogens is 2. The fourth-order valence-corrected chi connectivity index (χ4v) is 2.35. The van der Waals surface area contributed by atoms with Crippen LogP contribution in [-0.4, -0.2) is 49.7 Å². The van der Waals surface area contributed by atoms with Crippen molar-refractivity contribution in [2.24, 2.45) is 0 Å². The van der Waals surface area contributed by atoms with Crippen molar-refractivity contribution in [2.75, 3.05) is 19.6 Å². The molecule has 0 bridgehead atoms. The average Bonchev–Trinajstić information content (AvgIpc) is 2.79. The minimum absolute atomic E-state index is 0.0263. The van der Waals surface area contributed by atoms with Gasteiger partial charge in [-0.3, -0.25) is 4.90 Å². The molecule has 1 aromatic rings. The molecule has 2 rings (SSSR count). The zero-order valence-corrected chi connectivity index (χ0v) is 10.7. The molecule has 0 amide bonds. The van der Waals surface area contributed by atoms with Crippen LogP contribution in [0.5, 0.6) is 0 Å². The Bertz CT molecular complexity index is 455. The van der Waals surface area contributed by atoms with Gasteiger partial charge in [0.1, 0.15) is 12.7 Å². The minimum Gasteiger partial charge on any atom is -0.389 e. The SMILES string of the molecule is Cc1ncc([N+](=O)[O-])n1CCN1CCC(C)(O)C1. The highest BCUT2D eigenvalue weighted by Gasteiger charge is 2.31. The van der Waals surface area contributed by atoms with Crippen molar-refractivity contribution in [3.8, 4) is 0 Å². The third-order valence-electron chi connectivity index (χ3n) is 3.39. The molecule has 1 saturated heterocycles. The van der Waals surface area contributed by atoms with Crippen LogP contribution < -0.4 is 0 Å². The van der Waals surface area contributed by atoms with E-state index in [1.54, 1.807) is 11.5 Å². The molecule has 1 aromatic heterocycles. The molecule has 7 heteroatoms. The van der Waals surface area contributed by atoms with E-state index < -0.39 is 10.5 Å². The molecule has 1 atom stereocenters. The number of aliphatic hydroxyl groups is 1. The molecule has 100 valence electrons. The fraction of sp³-hybridized carbons (Fsp3) is 0.727. The first-order chi connectivity index (χ1) is 8.39. The first-order valence-corrected chi connectivity index (χ1v) is 6.00. The summed E-state index contributed by atoms with van der Waals surface area (Å²) < 4.78 is 1.60. The maximum absolute atomic E-state index is 10.8. The van der Waals surface area contributed by atoms with E-state index in [9.17, 15) is 15.2 Å². The van der Waals surface area contributed by atoms with E-state index in [2.05, 4.69) is 9.88 Å². The Balaban J connectivity index is 1.99. The van der Waals surface area contributed by atoms with Crippen molar-refractivity contribution in [1.29, 1.82) is 0 Å². The molecule has 0 aliphatic carbocycles. The van der Waals surface area contributed by atoms with E-state index in [0.717, 1.165) is 13.0 Å². The van der Waals surface area contributed by atoms with Gasteiger partial charge in [-0.2, -0.15) is 0 Å². The number of β-amino-alcohol motifs (C(OH)–C–C–N with tert-alkyl or cyclic N) is 1. The van der Waals surface area contributed by atoms with Gasteiger partial charge in [-0.05, 0) is 18.3 Å². The van der Waals surface area contributed by atoms with Gasteiger partial charge < -0.3 is 15.2 Å². The highest BCUT2D eigenvalue weighted by molar-refractivity contribution is 5.18. The van der Waals surface area contributed by atoms with Gasteiger partial charge >= 0.3 is 5.82 Å². The third-order valence-corrected chi connectivity index (χ3v) is 3.39. The number of aryl methyl sites for hydroxylation is 1. The summed E-state index contributed by atoms with van der Waals surface area (Å²) in [5, 5.41) is 20.7. The largest absolute Gasteiger partial charge is 0.389 e. The Hall–Kier alpha value is -1.47. The van der Waals surface area contributed by atoms with Crippen molar-refractivity contribution in [3.05, 3.63) is 22.1 Å². The van der Waals surface area contributed by atoms with Crippen LogP contribution in [-0.2, 0) is 6.54 Å². The number of rotatable bonds is 4. The lowest BCUT2D eigenvalue weighted by Gasteiger charge is -2.18. The normalized spacial score (nSPS) is 24.6. The van der Waals surface area contributed by atoms with Crippen LogP contribution in [0.2, 0.25) is 0 Å². The number of imidazole rings is 1. The van der Waals surface area contributed by atoms with Crippen molar-refractivity contribution >= 4 is 5.82 Å². The van der Waals surface area contributed by atoms with E-state index in [-0.39, 0.29) is 5.82 Å². The molecule has 0 saturated carbocycles. The summed E-state index contributed by atoms with van der Waals surface area (Å²) in [6.07, 6.45) is 2.04. The molecule has 2 heterocycles. The summed E-state index contributed by atoms with van der Waals surface area (Å²) in [5.74, 6) is 0.672. The van der Waals surface area contributed by atoms with Gasteiger partial charge in [0.25, 0.3) is 0 Å². The third kappa shape index (κ3) is 2.68. The Morgan fingerprint density at radius 3 is 2.89 bits per heavy atom. The molecule has 0 radical (unpaired) electrons. The van der Waals surface area contributed by atoms with Crippen molar-refractivity contribution in [1.82, 2.24) is 14.5 Å². The van der Waals surface area contributed by atoms with E-state index in [1.165, 1.54) is 6.20 Å². The number of nitrogens with zero attached hydrogens (tertiary/aromatic N) is 4. The van der Waals surface area contributed by atoms with Crippen LogP contribution in [0.4, 0.5) is 5.82 Å². The van der Waals surface area contributed by atoms with Crippen molar-refractivity contribution in [2.45, 2.75) is 32.4 Å². The van der Waals surface area contributed by atoms with Crippen LogP contribution in [0.1, 0.15) is 19.2 Å². The molecule has 1 aliphatic heterocycles. The lowest BCUT2D eigenvalue weighted by molar-refractivity contribution is -0.392. The Kier molecular flexibility index (Phi) is 3.36. The van der Waals surface area contributed by atoms with Gasteiger partial charge in [0, 0.05) is 26.6 Å². The lowest BCUT2D eigenvalue weighted by Crippen LogP contribution is -2.31. The monoisotopic (exact) mass is 254 g/mol. The molecule has 7 nitrogen and oxygen atoms in total. The maximum Gasteiger partial charge on any atom is 0.342 e. The van der Waals surface area contributed by atoms with Crippen molar-refractivity contribution in [3.63, 3.8) is 0 Å². The smallest absolute Gasteiger partial charge is 0.342 e. The van der Waals surface area contributed by atoms with Crippen LogP contribution in [0, 0.1) is 17.0 Å². The van der Waals surface area contributed by atoms with Gasteiger partial charge in [0.2, 0.25) is 0 Å². The second kappa shape index (κ2) is 4.66. The molecule has 1 N–H and O–H groups in total. The molecule has 0 spiro atoms. The Morgan fingerprint density at radius 2 is 2.33 bits per heavy atom. The zero-order chi connectivity index (χ0) is 13.3. The summed E-state index contributed by atoms with van der Waals surface area (Å²) in [6, 6.07) is 0. The minimum atomic E-state index is -0.629. The van der Waals surface area contributed by atoms with Gasteiger partial charge in [-0.15, -0.1) is 0 Å². The molecule has 18 heavy (non-hydrogen) atoms. The van der Waals surface area contributed by atoms with E-state index in [4.69, 9.17) is 0 Å². The topological polar surface area (TPSA) is 84.4 Å². The van der Waals surface area contributed by atoms with Gasteiger partial charge in [0.15, 0.2) is 5.82 Å². The summed E-state index contributed by atoms with van der Waals surface area (Å²) in [5.41, 5.74) is -0.629. The van der Waals surface area contributed by atoms with Gasteiger partial charge in [-0.1, -0.05) is 0 Å². The highest BCUT2D eigenvalue weighted by Crippen LogP contribution is 2.20. The average molecular weight is 254 g/mol. The van der Waals surface area contributed by atoms with E-state index >= 15 is 0 Å².